The molecule has 0 amide bonds. The Morgan fingerprint density at radius 1 is 1.50 bits per heavy atom. The summed E-state index contributed by atoms with van der Waals surface area (Å²) in [6.07, 6.45) is 0.482. The summed E-state index contributed by atoms with van der Waals surface area (Å²) in [4.78, 5) is 0. The molecule has 4 heteroatoms. The van der Waals surface area contributed by atoms with Gasteiger partial charge in [0.25, 0.3) is 0 Å². The van der Waals surface area contributed by atoms with E-state index in [9.17, 15) is 0 Å². The Morgan fingerprint density at radius 3 is 2.50 bits per heavy atom. The van der Waals surface area contributed by atoms with Gasteiger partial charge in [0.05, 0.1) is 12.1 Å². The third-order valence-electron chi connectivity index (χ3n) is 1.44. The molecule has 0 aliphatic carbocycles. The Bertz CT molecular complexity index is 79.4. The van der Waals surface area contributed by atoms with Crippen LogP contribution >= 0.6 is 0 Å². The second-order valence-electron chi connectivity index (χ2n) is 2.35. The van der Waals surface area contributed by atoms with E-state index < -0.39 is 6.10 Å². The van der Waals surface area contributed by atoms with Gasteiger partial charge in [-0.2, -0.15) is 0 Å². The second kappa shape index (κ2) is 5.61. The molecule has 0 aliphatic heterocycles. The fourth-order valence-corrected chi connectivity index (χ4v) is 0.636. The van der Waals surface area contributed by atoms with Crippen molar-refractivity contribution in [1.29, 1.82) is 0 Å². The molecule has 0 aromatic rings. The van der Waals surface area contributed by atoms with Gasteiger partial charge in [0.2, 0.25) is 0 Å². The van der Waals surface area contributed by atoms with Crippen molar-refractivity contribution in [2.75, 3.05) is 6.61 Å². The van der Waals surface area contributed by atoms with Gasteiger partial charge in [-0.25, -0.2) is 5.48 Å². The van der Waals surface area contributed by atoms with E-state index in [0.717, 1.165) is 0 Å². The van der Waals surface area contributed by atoms with Gasteiger partial charge in [0.15, 0.2) is 0 Å². The summed E-state index contributed by atoms with van der Waals surface area (Å²) < 4.78 is 0. The molecule has 0 rings (SSSR count). The van der Waals surface area contributed by atoms with Crippen LogP contribution in [-0.4, -0.2) is 34.2 Å². The zero-order valence-electron chi connectivity index (χ0n) is 6.12. The van der Waals surface area contributed by atoms with E-state index in [4.69, 9.17) is 15.4 Å². The van der Waals surface area contributed by atoms with Crippen LogP contribution in [0.5, 0.6) is 0 Å². The highest BCUT2D eigenvalue weighted by Crippen LogP contribution is 2.00. The van der Waals surface area contributed by atoms with Gasteiger partial charge in [-0.15, -0.1) is 0 Å². The SMILES string of the molecule is CC(NO)C(O)CCCO. The Morgan fingerprint density at radius 2 is 2.10 bits per heavy atom. The molecular formula is C6H15NO3. The molecule has 0 aromatic heterocycles. The van der Waals surface area contributed by atoms with Crippen molar-refractivity contribution in [3.05, 3.63) is 0 Å². The van der Waals surface area contributed by atoms with Crippen LogP contribution in [0.25, 0.3) is 0 Å². The first-order valence-corrected chi connectivity index (χ1v) is 3.41. The molecule has 0 aliphatic rings. The maximum absolute atomic E-state index is 9.12. The number of nitrogens with one attached hydrogen (secondary N) is 1. The van der Waals surface area contributed by atoms with Crippen molar-refractivity contribution in [2.45, 2.75) is 31.9 Å². The third-order valence-corrected chi connectivity index (χ3v) is 1.44. The van der Waals surface area contributed by atoms with Gasteiger partial charge in [0, 0.05) is 6.61 Å². The molecule has 62 valence electrons. The lowest BCUT2D eigenvalue weighted by molar-refractivity contribution is 0.0400. The molecular weight excluding hydrogens is 134 g/mol. The van der Waals surface area contributed by atoms with Gasteiger partial charge in [-0.3, -0.25) is 0 Å². The molecule has 2 atom stereocenters. The first-order chi connectivity index (χ1) is 4.72. The highest BCUT2D eigenvalue weighted by Gasteiger charge is 2.11. The van der Waals surface area contributed by atoms with Crippen LogP contribution in [-0.2, 0) is 0 Å². The molecule has 4 nitrogen and oxygen atoms in total. The molecule has 0 aromatic carbocycles. The van der Waals surface area contributed by atoms with E-state index in [1.54, 1.807) is 6.92 Å². The predicted molar refractivity (Wildman–Crippen MR) is 36.7 cm³/mol. The average Bonchev–Trinajstić information content (AvgIpc) is 1.98. The predicted octanol–water partition coefficient (Wildman–Crippen LogP) is -0.513. The number of rotatable bonds is 5. The number of aliphatic hydroxyl groups excluding tert-OH is 2. The lowest BCUT2D eigenvalue weighted by Gasteiger charge is -2.15. The first-order valence-electron chi connectivity index (χ1n) is 3.41. The minimum absolute atomic E-state index is 0.0786. The molecule has 0 bridgehead atoms. The lowest BCUT2D eigenvalue weighted by Crippen LogP contribution is -2.35. The van der Waals surface area contributed by atoms with Gasteiger partial charge < -0.3 is 15.4 Å². The third kappa shape index (κ3) is 3.79. The summed E-state index contributed by atoms with van der Waals surface area (Å²) in [5.41, 5.74) is 1.94. The summed E-state index contributed by atoms with van der Waals surface area (Å²) in [5.74, 6) is 0. The summed E-state index contributed by atoms with van der Waals surface area (Å²) in [5, 5.41) is 25.8. The van der Waals surface area contributed by atoms with Gasteiger partial charge in [0.1, 0.15) is 0 Å². The quantitative estimate of drug-likeness (QED) is 0.397. The molecule has 4 N–H and O–H groups in total. The average molecular weight is 149 g/mol. The van der Waals surface area contributed by atoms with Crippen LogP contribution in [0.2, 0.25) is 0 Å². The molecule has 0 radical (unpaired) electrons. The molecule has 0 spiro atoms. The summed E-state index contributed by atoms with van der Waals surface area (Å²) >= 11 is 0. The van der Waals surface area contributed by atoms with Gasteiger partial charge >= 0.3 is 0 Å². The smallest absolute Gasteiger partial charge is 0.0714 e. The topological polar surface area (TPSA) is 72.7 Å². The highest BCUT2D eigenvalue weighted by atomic mass is 16.5. The number of hydroxylamine groups is 1. The normalized spacial score (nSPS) is 16.8. The number of aliphatic hydroxyl groups is 2. The fraction of sp³-hybridized carbons (Fsp3) is 1.00. The van der Waals surface area contributed by atoms with Crippen molar-refractivity contribution in [2.24, 2.45) is 0 Å². The standard InChI is InChI=1S/C6H15NO3/c1-5(7-10)6(9)3-2-4-8/h5-10H,2-4H2,1H3. The first kappa shape index (κ1) is 9.84. The van der Waals surface area contributed by atoms with E-state index in [2.05, 4.69) is 0 Å². The molecule has 0 fully saturated rings. The second-order valence-corrected chi connectivity index (χ2v) is 2.35. The highest BCUT2D eigenvalue weighted by molar-refractivity contribution is 4.66. The van der Waals surface area contributed by atoms with Crippen LogP contribution in [0.15, 0.2) is 0 Å². The van der Waals surface area contributed by atoms with Gasteiger partial charge in [-0.1, -0.05) is 0 Å². The van der Waals surface area contributed by atoms with E-state index in [-0.39, 0.29) is 12.6 Å². The van der Waals surface area contributed by atoms with Crippen LogP contribution in [0, 0.1) is 0 Å². The number of hydrogen-bond acceptors (Lipinski definition) is 4. The molecule has 0 saturated heterocycles. The molecule has 10 heavy (non-hydrogen) atoms. The van der Waals surface area contributed by atoms with Crippen LogP contribution < -0.4 is 5.48 Å². The molecule has 0 heterocycles. The zero-order chi connectivity index (χ0) is 7.98. The van der Waals surface area contributed by atoms with Crippen molar-refractivity contribution in [3.8, 4) is 0 Å². The summed E-state index contributed by atoms with van der Waals surface area (Å²) in [7, 11) is 0. The van der Waals surface area contributed by atoms with E-state index in [0.29, 0.717) is 12.8 Å². The zero-order valence-corrected chi connectivity index (χ0v) is 6.12. The van der Waals surface area contributed by atoms with Crippen molar-refractivity contribution in [3.63, 3.8) is 0 Å². The molecule has 0 saturated carbocycles. The number of hydrogen-bond donors (Lipinski definition) is 4. The molecule has 2 unspecified atom stereocenters. The van der Waals surface area contributed by atoms with E-state index >= 15 is 0 Å². The maximum atomic E-state index is 9.12. The largest absolute Gasteiger partial charge is 0.396 e. The minimum atomic E-state index is -0.586. The van der Waals surface area contributed by atoms with Crippen molar-refractivity contribution >= 4 is 0 Å². The summed E-state index contributed by atoms with van der Waals surface area (Å²) in [6.45, 7) is 1.75. The van der Waals surface area contributed by atoms with E-state index in [1.807, 2.05) is 5.48 Å². The Labute approximate surface area is 60.5 Å². The Balaban J connectivity index is 3.31. The van der Waals surface area contributed by atoms with Crippen LogP contribution in [0.3, 0.4) is 0 Å². The fourth-order valence-electron chi connectivity index (χ4n) is 0.636. The Kier molecular flexibility index (Phi) is 5.52. The van der Waals surface area contributed by atoms with Gasteiger partial charge in [-0.05, 0) is 19.8 Å². The lowest BCUT2D eigenvalue weighted by atomic mass is 10.1. The summed E-state index contributed by atoms with van der Waals surface area (Å²) in [6, 6.07) is -0.327. The van der Waals surface area contributed by atoms with E-state index in [1.165, 1.54) is 0 Å². The van der Waals surface area contributed by atoms with Crippen molar-refractivity contribution in [1.82, 2.24) is 5.48 Å². The maximum Gasteiger partial charge on any atom is 0.0714 e. The Hall–Kier alpha value is -0.160. The monoisotopic (exact) mass is 149 g/mol. The van der Waals surface area contributed by atoms with Crippen LogP contribution in [0.4, 0.5) is 0 Å². The van der Waals surface area contributed by atoms with Crippen LogP contribution in [0.1, 0.15) is 19.8 Å². The van der Waals surface area contributed by atoms with Crippen molar-refractivity contribution < 1.29 is 15.4 Å². The minimum Gasteiger partial charge on any atom is -0.396 e.